The van der Waals surface area contributed by atoms with E-state index in [1.165, 1.54) is 0 Å². The lowest BCUT2D eigenvalue weighted by atomic mass is 9.96. The van der Waals surface area contributed by atoms with Crippen LogP contribution >= 0.6 is 11.8 Å². The molecule has 34 heavy (non-hydrogen) atoms. The van der Waals surface area contributed by atoms with Crippen LogP contribution in [0.3, 0.4) is 0 Å². The highest BCUT2D eigenvalue weighted by molar-refractivity contribution is 8.03. The highest BCUT2D eigenvalue weighted by atomic mass is 32.2. The van der Waals surface area contributed by atoms with Gasteiger partial charge in [-0.3, -0.25) is 9.59 Å². The lowest BCUT2D eigenvalue weighted by Gasteiger charge is -2.18. The smallest absolute Gasteiger partial charge is 0.316 e. The van der Waals surface area contributed by atoms with E-state index in [1.807, 2.05) is 6.08 Å². The molecule has 0 aromatic carbocycles. The largest absolute Gasteiger partial charge is 0.481 e. The van der Waals surface area contributed by atoms with E-state index in [-0.39, 0.29) is 24.2 Å². The van der Waals surface area contributed by atoms with Crippen LogP contribution in [0.1, 0.15) is 92.9 Å². The highest BCUT2D eigenvalue weighted by Gasteiger charge is 2.36. The molecule has 0 radical (unpaired) electrons. The predicted octanol–water partition coefficient (Wildman–Crippen LogP) is 5.93. The average Bonchev–Trinajstić information content (AvgIpc) is 3.03. The molecular weight excluding hydrogens is 452 g/mol. The topological polar surface area (TPSA) is 104 Å². The first-order valence-electron chi connectivity index (χ1n) is 12.7. The third kappa shape index (κ3) is 11.0. The van der Waals surface area contributed by atoms with Crippen molar-refractivity contribution >= 4 is 23.7 Å². The molecule has 0 saturated carbocycles. The van der Waals surface area contributed by atoms with Gasteiger partial charge in [0, 0.05) is 17.2 Å². The number of rotatable bonds is 15. The lowest BCUT2D eigenvalue weighted by molar-refractivity contribution is -0.148. The fourth-order valence-electron chi connectivity index (χ4n) is 3.79. The van der Waals surface area contributed by atoms with Gasteiger partial charge in [0.25, 0.3) is 0 Å². The Kier molecular flexibility index (Phi) is 13.5. The molecule has 0 spiro atoms. The van der Waals surface area contributed by atoms with E-state index in [1.54, 1.807) is 45.5 Å². The molecule has 1 rings (SSSR count). The number of carboxylic acids is 1. The summed E-state index contributed by atoms with van der Waals surface area (Å²) in [6.07, 6.45) is 8.89. The molecule has 0 fully saturated rings. The van der Waals surface area contributed by atoms with Gasteiger partial charge in [-0.15, -0.1) is 11.8 Å². The normalized spacial score (nSPS) is 21.6. The zero-order valence-electron chi connectivity index (χ0n) is 21.9. The lowest BCUT2D eigenvalue weighted by Crippen LogP contribution is -2.22. The summed E-state index contributed by atoms with van der Waals surface area (Å²) in [5.41, 5.74) is -0.653. The van der Waals surface area contributed by atoms with Crippen molar-refractivity contribution in [2.24, 2.45) is 23.2 Å². The molecule has 3 N–H and O–H groups in total. The quantitative estimate of drug-likeness (QED) is 0.146. The van der Waals surface area contributed by atoms with Crippen molar-refractivity contribution in [1.29, 1.82) is 0 Å². The molecule has 5 atom stereocenters. The number of esters is 1. The summed E-state index contributed by atoms with van der Waals surface area (Å²) in [4.78, 5) is 24.3. The molecule has 6 nitrogen and oxygen atoms in total. The Bertz CT molecular complexity index is 708. The molecule has 1 aliphatic rings. The Balaban J connectivity index is 2.87. The second kappa shape index (κ2) is 14.9. The molecule has 0 amide bonds. The molecule has 7 heteroatoms. The van der Waals surface area contributed by atoms with Gasteiger partial charge in [-0.1, -0.05) is 58.6 Å². The van der Waals surface area contributed by atoms with Crippen LogP contribution in [0.2, 0.25) is 0 Å². The maximum absolute atomic E-state index is 12.5. The van der Waals surface area contributed by atoms with E-state index < -0.39 is 23.6 Å². The maximum atomic E-state index is 12.5. The highest BCUT2D eigenvalue weighted by Crippen LogP contribution is 2.42. The first kappa shape index (κ1) is 30.7. The van der Waals surface area contributed by atoms with Crippen molar-refractivity contribution in [2.75, 3.05) is 5.75 Å². The van der Waals surface area contributed by atoms with E-state index in [0.29, 0.717) is 24.5 Å². The number of hydrogen-bond acceptors (Lipinski definition) is 6. The van der Waals surface area contributed by atoms with Crippen LogP contribution in [-0.4, -0.2) is 45.2 Å². The van der Waals surface area contributed by atoms with Crippen LogP contribution in [-0.2, 0) is 14.3 Å². The van der Waals surface area contributed by atoms with Crippen LogP contribution in [0.4, 0.5) is 0 Å². The standard InChI is InChI=1S/C27H46O6S/c1-7-8-11-18(2)16-20(28)13-14-21-22(29)17-23(33-26(32)27(4,5)6)24(21)34-15-10-9-12-19(3)25(30)31/h13-14,18-22,28-29H,7-12,15-17H2,1-6H3,(H,30,31)/t18-,19?,20-,21+,22-/m1/s1. The van der Waals surface area contributed by atoms with Crippen LogP contribution < -0.4 is 0 Å². The Morgan fingerprint density at radius 3 is 2.44 bits per heavy atom. The summed E-state index contributed by atoms with van der Waals surface area (Å²) in [5, 5.41) is 30.3. The van der Waals surface area contributed by atoms with E-state index >= 15 is 0 Å². The molecule has 1 unspecified atom stereocenters. The second-order valence-electron chi connectivity index (χ2n) is 10.7. The molecule has 0 bridgehead atoms. The van der Waals surface area contributed by atoms with Gasteiger partial charge < -0.3 is 20.1 Å². The number of aliphatic hydroxyl groups excluding tert-OH is 2. The Hall–Kier alpha value is -1.31. The summed E-state index contributed by atoms with van der Waals surface area (Å²) < 4.78 is 5.72. The fraction of sp³-hybridized carbons (Fsp3) is 0.778. The predicted molar refractivity (Wildman–Crippen MR) is 138 cm³/mol. The van der Waals surface area contributed by atoms with Gasteiger partial charge >= 0.3 is 11.9 Å². The minimum atomic E-state index is -0.779. The summed E-state index contributed by atoms with van der Waals surface area (Å²) in [7, 11) is 0. The van der Waals surface area contributed by atoms with Crippen molar-refractivity contribution in [2.45, 2.75) is 105 Å². The van der Waals surface area contributed by atoms with E-state index in [9.17, 15) is 19.8 Å². The summed E-state index contributed by atoms with van der Waals surface area (Å²) >= 11 is 1.56. The van der Waals surface area contributed by atoms with Gasteiger partial charge in [-0.25, -0.2) is 0 Å². The SMILES string of the molecule is CCCC[C@@H](C)C[C@H](O)C=C[C@@H]1C(SCCCCC(C)C(=O)O)=C(OC(=O)C(C)(C)C)C[C@H]1O. The number of aliphatic carboxylic acids is 1. The molecule has 0 aromatic heterocycles. The summed E-state index contributed by atoms with van der Waals surface area (Å²) in [5.74, 6) is -0.128. The number of carbonyl (C=O) groups is 2. The zero-order chi connectivity index (χ0) is 25.9. The van der Waals surface area contributed by atoms with Crippen molar-refractivity contribution in [3.63, 3.8) is 0 Å². The number of carboxylic acid groups (broad SMARTS) is 1. The van der Waals surface area contributed by atoms with Gasteiger partial charge in [0.2, 0.25) is 0 Å². The summed E-state index contributed by atoms with van der Waals surface area (Å²) in [6, 6.07) is 0. The number of hydrogen-bond donors (Lipinski definition) is 3. The van der Waals surface area contributed by atoms with Crippen LogP contribution in [0.5, 0.6) is 0 Å². The second-order valence-corrected chi connectivity index (χ2v) is 11.9. The fourth-order valence-corrected chi connectivity index (χ4v) is 5.08. The molecule has 196 valence electrons. The summed E-state index contributed by atoms with van der Waals surface area (Å²) in [6.45, 7) is 11.4. The first-order chi connectivity index (χ1) is 15.9. The van der Waals surface area contributed by atoms with Gasteiger partial charge in [-0.05, 0) is 51.7 Å². The van der Waals surface area contributed by atoms with E-state index in [0.717, 1.165) is 42.8 Å². The number of carbonyl (C=O) groups excluding carboxylic acids is 1. The number of aliphatic hydroxyl groups is 2. The van der Waals surface area contributed by atoms with Gasteiger partial charge in [-0.2, -0.15) is 0 Å². The number of thioether (sulfide) groups is 1. The Morgan fingerprint density at radius 2 is 1.85 bits per heavy atom. The van der Waals surface area contributed by atoms with Crippen molar-refractivity contribution in [1.82, 2.24) is 0 Å². The number of unbranched alkanes of at least 4 members (excludes halogenated alkanes) is 2. The van der Waals surface area contributed by atoms with Crippen LogP contribution in [0.25, 0.3) is 0 Å². The minimum absolute atomic E-state index is 0.262. The third-order valence-electron chi connectivity index (χ3n) is 6.16. The van der Waals surface area contributed by atoms with Gasteiger partial charge in [0.05, 0.1) is 23.5 Å². The molecule has 0 aliphatic heterocycles. The molecule has 0 aromatic rings. The Labute approximate surface area is 210 Å². The van der Waals surface area contributed by atoms with E-state index in [4.69, 9.17) is 9.84 Å². The molecule has 0 heterocycles. The number of ether oxygens (including phenoxy) is 1. The monoisotopic (exact) mass is 498 g/mol. The van der Waals surface area contributed by atoms with Crippen LogP contribution in [0, 0.1) is 23.2 Å². The van der Waals surface area contributed by atoms with Gasteiger partial charge in [0.15, 0.2) is 0 Å². The maximum Gasteiger partial charge on any atom is 0.316 e. The van der Waals surface area contributed by atoms with Crippen molar-refractivity contribution < 1.29 is 29.6 Å². The third-order valence-corrected chi connectivity index (χ3v) is 7.46. The Morgan fingerprint density at radius 1 is 1.18 bits per heavy atom. The van der Waals surface area contributed by atoms with Crippen molar-refractivity contribution in [3.8, 4) is 0 Å². The molecule has 0 saturated heterocycles. The molecule has 1 aliphatic carbocycles. The van der Waals surface area contributed by atoms with Gasteiger partial charge in [0.1, 0.15) is 5.76 Å². The first-order valence-corrected chi connectivity index (χ1v) is 13.7. The molecular formula is C27H46O6S. The van der Waals surface area contributed by atoms with Crippen molar-refractivity contribution in [3.05, 3.63) is 22.8 Å². The van der Waals surface area contributed by atoms with Crippen LogP contribution in [0.15, 0.2) is 22.8 Å². The minimum Gasteiger partial charge on any atom is -0.481 e. The zero-order valence-corrected chi connectivity index (χ0v) is 22.7. The van der Waals surface area contributed by atoms with E-state index in [2.05, 4.69) is 13.8 Å². The average molecular weight is 499 g/mol.